The zero-order valence-electron chi connectivity index (χ0n) is 20.4. The van der Waals surface area contributed by atoms with Crippen molar-refractivity contribution in [2.75, 3.05) is 6.61 Å². The molecule has 1 unspecified atom stereocenters. The highest BCUT2D eigenvalue weighted by Crippen LogP contribution is 2.41. The normalized spacial score (nSPS) is 14.9. The van der Waals surface area contributed by atoms with Crippen LogP contribution in [-0.2, 0) is 11.3 Å². The Kier molecular flexibility index (Phi) is 7.26. The van der Waals surface area contributed by atoms with Crippen molar-refractivity contribution in [3.8, 4) is 23.0 Å². The first-order valence-corrected chi connectivity index (χ1v) is 13.5. The van der Waals surface area contributed by atoms with Gasteiger partial charge in [0.25, 0.3) is 0 Å². The van der Waals surface area contributed by atoms with Gasteiger partial charge in [-0.2, -0.15) is 4.98 Å². The Hall–Kier alpha value is -2.92. The van der Waals surface area contributed by atoms with Crippen molar-refractivity contribution in [1.29, 1.82) is 0 Å². The summed E-state index contributed by atoms with van der Waals surface area (Å²) in [6.45, 7) is 4.55. The van der Waals surface area contributed by atoms with Gasteiger partial charge in [0.2, 0.25) is 5.88 Å². The molecule has 4 aromatic rings. The van der Waals surface area contributed by atoms with Crippen LogP contribution in [0.2, 0.25) is 5.02 Å². The second-order valence-electron chi connectivity index (χ2n) is 9.57. The summed E-state index contributed by atoms with van der Waals surface area (Å²) >= 11 is 9.04. The number of hydrogen-bond donors (Lipinski definition) is 1. The number of halogens is 2. The number of hydrogen-bond acceptors (Lipinski definition) is 6. The quantitative estimate of drug-likeness (QED) is 0.207. The minimum absolute atomic E-state index is 0.213. The maximum Gasteiger partial charge on any atom is 0.306 e. The molecule has 1 atom stereocenters. The first-order valence-electron chi connectivity index (χ1n) is 12.0. The van der Waals surface area contributed by atoms with Crippen LogP contribution in [0.1, 0.15) is 38.7 Å². The summed E-state index contributed by atoms with van der Waals surface area (Å²) < 4.78 is 15.1. The average molecular weight is 633 g/mol. The number of carboxylic acids is 1. The summed E-state index contributed by atoms with van der Waals surface area (Å²) in [7, 11) is 0. The van der Waals surface area contributed by atoms with Gasteiger partial charge in [-0.1, -0.05) is 30.7 Å². The molecule has 2 heterocycles. The third-order valence-electron chi connectivity index (χ3n) is 6.45. The number of ether oxygens (including phenoxy) is 2. The molecule has 1 saturated carbocycles. The van der Waals surface area contributed by atoms with Gasteiger partial charge < -0.3 is 19.1 Å². The summed E-state index contributed by atoms with van der Waals surface area (Å²) in [4.78, 5) is 24.9. The van der Waals surface area contributed by atoms with Crippen molar-refractivity contribution in [2.45, 2.75) is 45.3 Å². The summed E-state index contributed by atoms with van der Waals surface area (Å²) in [6, 6.07) is 13.7. The van der Waals surface area contributed by atoms with Crippen molar-refractivity contribution < 1.29 is 19.4 Å². The first kappa shape index (κ1) is 25.7. The monoisotopic (exact) mass is 632 g/mol. The predicted molar refractivity (Wildman–Crippen MR) is 149 cm³/mol. The van der Waals surface area contributed by atoms with Gasteiger partial charge in [0.15, 0.2) is 11.2 Å². The van der Waals surface area contributed by atoms with E-state index in [2.05, 4.69) is 51.6 Å². The van der Waals surface area contributed by atoms with Gasteiger partial charge >= 0.3 is 5.97 Å². The molecule has 0 saturated heterocycles. The van der Waals surface area contributed by atoms with Crippen LogP contribution in [0.3, 0.4) is 0 Å². The number of carbonyl (C=O) groups is 1. The van der Waals surface area contributed by atoms with Crippen molar-refractivity contribution in [3.63, 3.8) is 0 Å². The lowest BCUT2D eigenvalue weighted by molar-refractivity contribution is -0.141. The third kappa shape index (κ3) is 5.82. The molecule has 2 aromatic carbocycles. The number of rotatable bonds is 10. The molecular weight excluding hydrogens is 607 g/mol. The van der Waals surface area contributed by atoms with Crippen LogP contribution >= 0.6 is 34.2 Å². The van der Waals surface area contributed by atoms with Crippen LogP contribution in [-0.4, -0.2) is 42.8 Å². The number of aliphatic carboxylic acids is 1. The lowest BCUT2D eigenvalue weighted by Gasteiger charge is -2.13. The zero-order chi connectivity index (χ0) is 26.2. The maximum absolute atomic E-state index is 11.1. The van der Waals surface area contributed by atoms with Gasteiger partial charge in [-0.05, 0) is 84.7 Å². The van der Waals surface area contributed by atoms with Crippen LogP contribution in [0.15, 0.2) is 48.8 Å². The van der Waals surface area contributed by atoms with Crippen molar-refractivity contribution in [3.05, 3.63) is 62.9 Å². The fourth-order valence-corrected chi connectivity index (χ4v) is 4.78. The molecule has 0 radical (unpaired) electrons. The Balaban J connectivity index is 1.52. The van der Waals surface area contributed by atoms with Crippen molar-refractivity contribution in [1.82, 2.24) is 19.5 Å². The molecule has 1 fully saturated rings. The molecule has 2 aromatic heterocycles. The highest BCUT2D eigenvalue weighted by atomic mass is 127. The number of carboxylic acid groups (broad SMARTS) is 1. The largest absolute Gasteiger partial charge is 0.494 e. The van der Waals surface area contributed by atoms with Gasteiger partial charge in [-0.3, -0.25) is 4.79 Å². The van der Waals surface area contributed by atoms with E-state index in [0.717, 1.165) is 27.5 Å². The highest BCUT2D eigenvalue weighted by Gasteiger charge is 2.41. The Bertz CT molecular complexity index is 1470. The van der Waals surface area contributed by atoms with Gasteiger partial charge in [-0.25, -0.2) is 9.97 Å². The lowest BCUT2D eigenvalue weighted by atomic mass is 10.1. The molecule has 0 aliphatic heterocycles. The van der Waals surface area contributed by atoms with E-state index >= 15 is 0 Å². The summed E-state index contributed by atoms with van der Waals surface area (Å²) in [5, 5.41) is 9.54. The molecular formula is C27H26ClIN4O4. The van der Waals surface area contributed by atoms with Crippen LogP contribution in [0.25, 0.3) is 22.6 Å². The molecule has 192 valence electrons. The SMILES string of the molecule is CC(CCOc1ccc(-c2nc3c(OC4(C)CC4)ncnc3n2Cc2cccc(I)c2)c(Cl)c1)C(=O)O. The standard InChI is InChI=1S/C27H26ClIN4O4/c1-16(26(34)35)8-11-36-19-6-7-20(21(28)13-19)23-32-22-24(30-15-31-25(22)37-27(2)9-10-27)33(23)14-17-4-3-5-18(29)12-17/h3-7,12-13,15-16H,8-11,14H2,1-2H3,(H,34,35). The Morgan fingerprint density at radius 3 is 2.76 bits per heavy atom. The molecule has 0 spiro atoms. The first-order chi connectivity index (χ1) is 17.7. The van der Waals surface area contributed by atoms with E-state index in [1.165, 1.54) is 6.33 Å². The van der Waals surface area contributed by atoms with Crippen LogP contribution in [0.4, 0.5) is 0 Å². The van der Waals surface area contributed by atoms with E-state index in [1.54, 1.807) is 13.0 Å². The predicted octanol–water partition coefficient (Wildman–Crippen LogP) is 6.22. The molecule has 0 bridgehead atoms. The van der Waals surface area contributed by atoms with Gasteiger partial charge in [0, 0.05) is 9.13 Å². The highest BCUT2D eigenvalue weighted by molar-refractivity contribution is 14.1. The summed E-state index contributed by atoms with van der Waals surface area (Å²) in [5.41, 5.74) is 2.87. The molecule has 10 heteroatoms. The second kappa shape index (κ2) is 10.4. The second-order valence-corrected chi connectivity index (χ2v) is 11.2. The Morgan fingerprint density at radius 2 is 2.05 bits per heavy atom. The molecule has 8 nitrogen and oxygen atoms in total. The summed E-state index contributed by atoms with van der Waals surface area (Å²) in [5.74, 6) is 0.363. The number of fused-ring (bicyclic) bond motifs is 1. The van der Waals surface area contributed by atoms with Crippen LogP contribution < -0.4 is 9.47 Å². The molecule has 1 N–H and O–H groups in total. The topological polar surface area (TPSA) is 99.4 Å². The number of benzene rings is 2. The van der Waals surface area contributed by atoms with E-state index in [1.807, 2.05) is 28.8 Å². The smallest absolute Gasteiger partial charge is 0.306 e. The van der Waals surface area contributed by atoms with E-state index in [0.29, 0.717) is 46.6 Å². The maximum atomic E-state index is 11.1. The third-order valence-corrected chi connectivity index (χ3v) is 7.43. The molecule has 1 aliphatic carbocycles. The minimum Gasteiger partial charge on any atom is -0.494 e. The van der Waals surface area contributed by atoms with Crippen molar-refractivity contribution >= 4 is 51.3 Å². The van der Waals surface area contributed by atoms with Gasteiger partial charge in [-0.15, -0.1) is 0 Å². The fraction of sp³-hybridized carbons (Fsp3) is 0.333. The Labute approximate surface area is 233 Å². The van der Waals surface area contributed by atoms with Gasteiger partial charge in [0.05, 0.1) is 24.1 Å². The fourth-order valence-electron chi connectivity index (χ4n) is 3.92. The van der Waals surface area contributed by atoms with Crippen LogP contribution in [0.5, 0.6) is 11.6 Å². The lowest BCUT2D eigenvalue weighted by Crippen LogP contribution is -2.13. The van der Waals surface area contributed by atoms with E-state index in [4.69, 9.17) is 31.2 Å². The zero-order valence-corrected chi connectivity index (χ0v) is 23.4. The number of imidazole rings is 1. The van der Waals surface area contributed by atoms with Crippen LogP contribution in [0, 0.1) is 9.49 Å². The number of aromatic nitrogens is 4. The Morgan fingerprint density at radius 1 is 1.24 bits per heavy atom. The molecule has 37 heavy (non-hydrogen) atoms. The number of nitrogens with zero attached hydrogens (tertiary/aromatic N) is 4. The average Bonchev–Trinajstić information content (AvgIpc) is 3.47. The molecule has 1 aliphatic rings. The van der Waals surface area contributed by atoms with Crippen molar-refractivity contribution in [2.24, 2.45) is 5.92 Å². The summed E-state index contributed by atoms with van der Waals surface area (Å²) in [6.07, 6.45) is 3.87. The van der Waals surface area contributed by atoms with E-state index < -0.39 is 11.9 Å². The van der Waals surface area contributed by atoms with E-state index in [9.17, 15) is 4.79 Å². The minimum atomic E-state index is -0.842. The molecule has 0 amide bonds. The molecule has 5 rings (SSSR count). The van der Waals surface area contributed by atoms with E-state index in [-0.39, 0.29) is 12.2 Å². The van der Waals surface area contributed by atoms with Gasteiger partial charge in [0.1, 0.15) is 23.5 Å².